The number of carbonyl (C=O) groups is 1. The van der Waals surface area contributed by atoms with Gasteiger partial charge in [0.15, 0.2) is 0 Å². The molecule has 17 heavy (non-hydrogen) atoms. The summed E-state index contributed by atoms with van der Waals surface area (Å²) in [5.74, 6) is -0.911. The van der Waals surface area contributed by atoms with E-state index in [1.54, 1.807) is 6.07 Å². The van der Waals surface area contributed by atoms with Gasteiger partial charge in [-0.2, -0.15) is 0 Å². The molecule has 1 aromatic rings. The lowest BCUT2D eigenvalue weighted by Gasteiger charge is -2.13. The van der Waals surface area contributed by atoms with Crippen LogP contribution in [0, 0.1) is 6.92 Å². The molecule has 1 fully saturated rings. The highest BCUT2D eigenvalue weighted by Gasteiger charge is 2.29. The fraction of sp³-hybridized carbons (Fsp3) is 0.545. The topological polar surface area (TPSA) is 81.0 Å². The van der Waals surface area contributed by atoms with Crippen LogP contribution in [-0.4, -0.2) is 51.5 Å². The maximum atomic E-state index is 10.8. The van der Waals surface area contributed by atoms with Crippen molar-refractivity contribution in [3.05, 3.63) is 21.4 Å². The van der Waals surface area contributed by atoms with Gasteiger partial charge in [0.2, 0.25) is 0 Å². The van der Waals surface area contributed by atoms with Crippen LogP contribution in [0.4, 0.5) is 0 Å². The smallest absolute Gasteiger partial charge is 0.345 e. The number of thiophene rings is 1. The van der Waals surface area contributed by atoms with Gasteiger partial charge < -0.3 is 15.3 Å². The minimum absolute atomic E-state index is 0.331. The van der Waals surface area contributed by atoms with Crippen molar-refractivity contribution in [1.82, 2.24) is 4.90 Å². The van der Waals surface area contributed by atoms with Gasteiger partial charge >= 0.3 is 5.97 Å². The maximum absolute atomic E-state index is 10.8. The predicted octanol–water partition coefficient (Wildman–Crippen LogP) is 0.292. The van der Waals surface area contributed by atoms with Gasteiger partial charge in [0, 0.05) is 24.5 Å². The second-order valence-electron chi connectivity index (χ2n) is 4.33. The van der Waals surface area contributed by atoms with Crippen molar-refractivity contribution < 1.29 is 20.1 Å². The Bertz CT molecular complexity index is 421. The molecule has 94 valence electrons. The first kappa shape index (κ1) is 12.5. The molecule has 0 spiro atoms. The second kappa shape index (κ2) is 4.73. The van der Waals surface area contributed by atoms with E-state index < -0.39 is 18.2 Å². The normalized spacial score (nSPS) is 25.4. The molecule has 2 unspecified atom stereocenters. The summed E-state index contributed by atoms with van der Waals surface area (Å²) in [7, 11) is 0. The van der Waals surface area contributed by atoms with Crippen LogP contribution in [0.2, 0.25) is 0 Å². The Hall–Kier alpha value is -0.950. The van der Waals surface area contributed by atoms with Crippen molar-refractivity contribution in [3.8, 4) is 0 Å². The van der Waals surface area contributed by atoms with Crippen molar-refractivity contribution >= 4 is 17.3 Å². The second-order valence-corrected chi connectivity index (χ2v) is 5.58. The fourth-order valence-corrected chi connectivity index (χ4v) is 2.87. The number of rotatable bonds is 3. The van der Waals surface area contributed by atoms with Gasteiger partial charge in [-0.05, 0) is 18.6 Å². The van der Waals surface area contributed by atoms with E-state index in [4.69, 9.17) is 5.11 Å². The van der Waals surface area contributed by atoms with Crippen LogP contribution in [-0.2, 0) is 6.54 Å². The average Bonchev–Trinajstić information content (AvgIpc) is 2.73. The van der Waals surface area contributed by atoms with Crippen molar-refractivity contribution in [3.63, 3.8) is 0 Å². The highest BCUT2D eigenvalue weighted by atomic mass is 32.1. The summed E-state index contributed by atoms with van der Waals surface area (Å²) in [6, 6.07) is 1.67. The third-order valence-corrected chi connectivity index (χ3v) is 4.04. The minimum atomic E-state index is -0.911. The number of hydrogen-bond acceptors (Lipinski definition) is 5. The lowest BCUT2D eigenvalue weighted by Crippen LogP contribution is -2.22. The monoisotopic (exact) mass is 257 g/mol. The van der Waals surface area contributed by atoms with E-state index in [1.807, 2.05) is 11.8 Å². The third-order valence-electron chi connectivity index (χ3n) is 2.96. The van der Waals surface area contributed by atoms with Gasteiger partial charge in [0.1, 0.15) is 4.88 Å². The average molecular weight is 257 g/mol. The Kier molecular flexibility index (Phi) is 3.48. The van der Waals surface area contributed by atoms with E-state index in [9.17, 15) is 15.0 Å². The van der Waals surface area contributed by atoms with Crippen LogP contribution in [0.25, 0.3) is 0 Å². The number of nitrogens with zero attached hydrogens (tertiary/aromatic N) is 1. The van der Waals surface area contributed by atoms with Gasteiger partial charge in [-0.1, -0.05) is 0 Å². The molecule has 0 aliphatic carbocycles. The quantitative estimate of drug-likeness (QED) is 0.725. The first-order valence-corrected chi connectivity index (χ1v) is 6.20. The van der Waals surface area contributed by atoms with E-state index in [-0.39, 0.29) is 0 Å². The van der Waals surface area contributed by atoms with Gasteiger partial charge in [-0.3, -0.25) is 4.90 Å². The van der Waals surface area contributed by atoms with Gasteiger partial charge in [0.25, 0.3) is 0 Å². The Labute approximate surface area is 103 Å². The fourth-order valence-electron chi connectivity index (χ4n) is 2.00. The molecule has 1 aliphatic rings. The zero-order chi connectivity index (χ0) is 12.6. The first-order chi connectivity index (χ1) is 7.97. The number of aliphatic hydroxyl groups is 2. The number of aryl methyl sites for hydroxylation is 1. The molecule has 3 N–H and O–H groups in total. The van der Waals surface area contributed by atoms with Gasteiger partial charge in [-0.15, -0.1) is 11.3 Å². The molecule has 2 heterocycles. The van der Waals surface area contributed by atoms with Crippen LogP contribution in [0.1, 0.15) is 20.1 Å². The van der Waals surface area contributed by atoms with E-state index in [0.717, 1.165) is 10.4 Å². The van der Waals surface area contributed by atoms with Crippen LogP contribution >= 0.6 is 11.3 Å². The predicted molar refractivity (Wildman–Crippen MR) is 63.3 cm³/mol. The van der Waals surface area contributed by atoms with Crippen molar-refractivity contribution in [2.45, 2.75) is 25.7 Å². The zero-order valence-corrected chi connectivity index (χ0v) is 10.3. The molecule has 1 aromatic heterocycles. The molecule has 2 atom stereocenters. The number of carboxylic acids is 1. The SMILES string of the molecule is Cc1sc(C(=O)O)cc1CN1CC(O)C(O)C1. The summed E-state index contributed by atoms with van der Waals surface area (Å²) >= 11 is 1.26. The van der Waals surface area contributed by atoms with E-state index in [1.165, 1.54) is 11.3 Å². The number of β-amino-alcohol motifs (C(OH)–C–C–N with tert-alkyl or cyclic N) is 2. The largest absolute Gasteiger partial charge is 0.477 e. The molecule has 1 aliphatic heterocycles. The standard InChI is InChI=1S/C11H15NO4S/c1-6-7(2-10(17-6)11(15)16)3-12-4-8(13)9(14)5-12/h2,8-9,13-14H,3-5H2,1H3,(H,15,16). The van der Waals surface area contributed by atoms with Crippen LogP contribution in [0.15, 0.2) is 6.07 Å². The molecular formula is C11H15NO4S. The maximum Gasteiger partial charge on any atom is 0.345 e. The molecule has 0 saturated carbocycles. The highest BCUT2D eigenvalue weighted by Crippen LogP contribution is 2.24. The summed E-state index contributed by atoms with van der Waals surface area (Å²) in [5, 5.41) is 27.7. The van der Waals surface area contributed by atoms with Gasteiger partial charge in [0.05, 0.1) is 12.2 Å². The Morgan fingerprint density at radius 1 is 1.47 bits per heavy atom. The summed E-state index contributed by atoms with van der Waals surface area (Å²) in [5.41, 5.74) is 0.952. The number of aromatic carboxylic acids is 1. The number of aliphatic hydroxyl groups excluding tert-OH is 2. The van der Waals surface area contributed by atoms with Gasteiger partial charge in [-0.25, -0.2) is 4.79 Å². The Balaban J connectivity index is 2.06. The van der Waals surface area contributed by atoms with E-state index in [0.29, 0.717) is 24.5 Å². The van der Waals surface area contributed by atoms with Crippen LogP contribution in [0.3, 0.4) is 0 Å². The van der Waals surface area contributed by atoms with Crippen LogP contribution in [0.5, 0.6) is 0 Å². The molecule has 0 amide bonds. The third kappa shape index (κ3) is 2.66. The molecule has 0 bridgehead atoms. The Morgan fingerprint density at radius 3 is 2.53 bits per heavy atom. The lowest BCUT2D eigenvalue weighted by molar-refractivity contribution is 0.0572. The summed E-state index contributed by atoms with van der Waals surface area (Å²) in [6.07, 6.45) is -1.40. The van der Waals surface area contributed by atoms with Crippen molar-refractivity contribution in [2.75, 3.05) is 13.1 Å². The molecular weight excluding hydrogens is 242 g/mol. The van der Waals surface area contributed by atoms with E-state index >= 15 is 0 Å². The first-order valence-electron chi connectivity index (χ1n) is 5.38. The molecule has 0 aromatic carbocycles. The summed E-state index contributed by atoms with van der Waals surface area (Å²) < 4.78 is 0. The number of likely N-dealkylation sites (tertiary alicyclic amines) is 1. The molecule has 6 heteroatoms. The zero-order valence-electron chi connectivity index (χ0n) is 9.46. The van der Waals surface area contributed by atoms with Crippen molar-refractivity contribution in [2.24, 2.45) is 0 Å². The summed E-state index contributed by atoms with van der Waals surface area (Å²) in [6.45, 7) is 3.32. The Morgan fingerprint density at radius 2 is 2.06 bits per heavy atom. The lowest BCUT2D eigenvalue weighted by atomic mass is 10.2. The van der Waals surface area contributed by atoms with E-state index in [2.05, 4.69) is 0 Å². The number of carboxylic acid groups (broad SMARTS) is 1. The molecule has 1 saturated heterocycles. The number of hydrogen-bond donors (Lipinski definition) is 3. The molecule has 0 radical (unpaired) electrons. The van der Waals surface area contributed by atoms with Crippen molar-refractivity contribution in [1.29, 1.82) is 0 Å². The molecule has 5 nitrogen and oxygen atoms in total. The molecule has 2 rings (SSSR count). The summed E-state index contributed by atoms with van der Waals surface area (Å²) in [4.78, 5) is 14.1. The highest BCUT2D eigenvalue weighted by molar-refractivity contribution is 7.14. The van der Waals surface area contributed by atoms with Crippen LogP contribution < -0.4 is 0 Å². The minimum Gasteiger partial charge on any atom is -0.477 e.